The first-order valence-corrected chi connectivity index (χ1v) is 7.87. The molecular weight excluding hydrogens is 272 g/mol. The van der Waals surface area contributed by atoms with Gasteiger partial charge in [-0.1, -0.05) is 23.7 Å². The zero-order valence-corrected chi connectivity index (χ0v) is 12.3. The Bertz CT molecular complexity index is 481. The van der Waals surface area contributed by atoms with Gasteiger partial charge < -0.3 is 10.6 Å². The molecule has 20 heavy (non-hydrogen) atoms. The van der Waals surface area contributed by atoms with Crippen LogP contribution in [0.2, 0.25) is 5.02 Å². The van der Waals surface area contributed by atoms with Gasteiger partial charge >= 0.3 is 0 Å². The van der Waals surface area contributed by atoms with Gasteiger partial charge in [0, 0.05) is 30.1 Å². The summed E-state index contributed by atoms with van der Waals surface area (Å²) in [6, 6.07) is 8.74. The van der Waals surface area contributed by atoms with Crippen LogP contribution in [0, 0.1) is 5.92 Å². The molecule has 0 saturated heterocycles. The van der Waals surface area contributed by atoms with Gasteiger partial charge in [0.15, 0.2) is 0 Å². The average molecular weight is 293 g/mol. The van der Waals surface area contributed by atoms with Crippen LogP contribution in [0.5, 0.6) is 0 Å². The second-order valence-electron chi connectivity index (χ2n) is 5.94. The van der Waals surface area contributed by atoms with Gasteiger partial charge in [-0.2, -0.15) is 0 Å². The molecule has 2 saturated carbocycles. The quantitative estimate of drug-likeness (QED) is 0.792. The van der Waals surface area contributed by atoms with Gasteiger partial charge in [0.25, 0.3) is 0 Å². The average Bonchev–Trinajstić information content (AvgIpc) is 3.20. The van der Waals surface area contributed by atoms with Crippen molar-refractivity contribution in [1.82, 2.24) is 10.6 Å². The van der Waals surface area contributed by atoms with E-state index < -0.39 is 0 Å². The summed E-state index contributed by atoms with van der Waals surface area (Å²) in [6.07, 6.45) is 4.47. The van der Waals surface area contributed by atoms with E-state index in [1.165, 1.54) is 5.56 Å². The summed E-state index contributed by atoms with van der Waals surface area (Å²) >= 11 is 6.01. The largest absolute Gasteiger partial charge is 0.355 e. The van der Waals surface area contributed by atoms with Gasteiger partial charge in [-0.05, 0) is 49.3 Å². The minimum absolute atomic E-state index is 0.234. The first kappa shape index (κ1) is 13.9. The molecule has 2 fully saturated rings. The van der Waals surface area contributed by atoms with E-state index in [2.05, 4.69) is 22.8 Å². The molecule has 0 unspecified atom stereocenters. The molecule has 1 aromatic rings. The van der Waals surface area contributed by atoms with Crippen LogP contribution in [0.3, 0.4) is 0 Å². The number of rotatable bonds is 6. The summed E-state index contributed by atoms with van der Waals surface area (Å²) in [5.41, 5.74) is 1.34. The Balaban J connectivity index is 1.31. The summed E-state index contributed by atoms with van der Waals surface area (Å²) in [6.45, 7) is 1.61. The summed E-state index contributed by atoms with van der Waals surface area (Å²) in [7, 11) is 0. The number of halogens is 1. The third kappa shape index (κ3) is 3.53. The van der Waals surface area contributed by atoms with Crippen LogP contribution in [0.4, 0.5) is 0 Å². The van der Waals surface area contributed by atoms with Crippen molar-refractivity contribution in [1.29, 1.82) is 0 Å². The maximum absolute atomic E-state index is 11.5. The third-order valence-electron chi connectivity index (χ3n) is 4.26. The lowest BCUT2D eigenvalue weighted by Gasteiger charge is -2.36. The highest BCUT2D eigenvalue weighted by molar-refractivity contribution is 6.30. The number of carbonyl (C=O) groups is 1. The molecule has 2 aliphatic rings. The van der Waals surface area contributed by atoms with Gasteiger partial charge in [0.2, 0.25) is 5.91 Å². The number of nitrogens with one attached hydrogen (secondary N) is 2. The summed E-state index contributed by atoms with van der Waals surface area (Å²) < 4.78 is 0. The Morgan fingerprint density at radius 2 is 2.05 bits per heavy atom. The molecule has 0 heterocycles. The van der Waals surface area contributed by atoms with Crippen LogP contribution in [-0.4, -0.2) is 25.0 Å². The predicted octanol–water partition coefficient (Wildman–Crippen LogP) is 2.70. The van der Waals surface area contributed by atoms with Gasteiger partial charge in [-0.25, -0.2) is 0 Å². The smallest absolute Gasteiger partial charge is 0.223 e. The molecule has 3 nitrogen and oxygen atoms in total. The number of benzene rings is 1. The van der Waals surface area contributed by atoms with Crippen LogP contribution in [0.25, 0.3) is 0 Å². The lowest BCUT2D eigenvalue weighted by molar-refractivity contribution is -0.122. The Morgan fingerprint density at radius 3 is 2.75 bits per heavy atom. The Morgan fingerprint density at radius 1 is 1.25 bits per heavy atom. The molecule has 0 radical (unpaired) electrons. The van der Waals surface area contributed by atoms with Crippen LogP contribution < -0.4 is 10.6 Å². The molecule has 0 spiro atoms. The molecule has 2 aliphatic carbocycles. The molecule has 108 valence electrons. The molecule has 0 aliphatic heterocycles. The van der Waals surface area contributed by atoms with Crippen molar-refractivity contribution in [2.24, 2.45) is 5.92 Å². The van der Waals surface area contributed by atoms with E-state index in [1.807, 2.05) is 12.1 Å². The van der Waals surface area contributed by atoms with Crippen molar-refractivity contribution in [3.05, 3.63) is 34.9 Å². The van der Waals surface area contributed by atoms with E-state index in [4.69, 9.17) is 11.6 Å². The fourth-order valence-electron chi connectivity index (χ4n) is 2.77. The molecule has 4 heteroatoms. The topological polar surface area (TPSA) is 41.1 Å². The fourth-order valence-corrected chi connectivity index (χ4v) is 2.97. The minimum atomic E-state index is 0.234. The zero-order valence-electron chi connectivity index (χ0n) is 11.6. The minimum Gasteiger partial charge on any atom is -0.355 e. The second kappa shape index (κ2) is 6.15. The van der Waals surface area contributed by atoms with Gasteiger partial charge in [0.1, 0.15) is 0 Å². The monoisotopic (exact) mass is 292 g/mol. The lowest BCUT2D eigenvalue weighted by Crippen LogP contribution is -2.43. The van der Waals surface area contributed by atoms with E-state index in [-0.39, 0.29) is 5.91 Å². The van der Waals surface area contributed by atoms with Gasteiger partial charge in [-0.3, -0.25) is 4.79 Å². The van der Waals surface area contributed by atoms with E-state index in [0.717, 1.165) is 43.8 Å². The highest BCUT2D eigenvalue weighted by atomic mass is 35.5. The molecule has 1 aromatic carbocycles. The highest BCUT2D eigenvalue weighted by Crippen LogP contribution is 2.37. The molecule has 3 rings (SSSR count). The Kier molecular flexibility index (Phi) is 4.27. The van der Waals surface area contributed by atoms with E-state index in [9.17, 15) is 4.79 Å². The van der Waals surface area contributed by atoms with Crippen LogP contribution in [0.1, 0.15) is 37.2 Å². The number of hydrogen-bond acceptors (Lipinski definition) is 2. The Labute approximate surface area is 125 Å². The van der Waals surface area contributed by atoms with E-state index in [0.29, 0.717) is 17.9 Å². The zero-order chi connectivity index (χ0) is 13.9. The van der Waals surface area contributed by atoms with Crippen molar-refractivity contribution < 1.29 is 4.79 Å². The fraction of sp³-hybridized carbons (Fsp3) is 0.562. The Hall–Kier alpha value is -1.06. The molecule has 0 bridgehead atoms. The SMILES string of the molecule is O=C(NCCNC1CC(c2cccc(Cl)c2)C1)C1CC1. The van der Waals surface area contributed by atoms with Crippen molar-refractivity contribution >= 4 is 17.5 Å². The van der Waals surface area contributed by atoms with Crippen molar-refractivity contribution in [3.63, 3.8) is 0 Å². The van der Waals surface area contributed by atoms with Crippen LogP contribution in [-0.2, 0) is 4.79 Å². The van der Waals surface area contributed by atoms with Crippen LogP contribution >= 0.6 is 11.6 Å². The summed E-state index contributed by atoms with van der Waals surface area (Å²) in [4.78, 5) is 11.5. The number of hydrogen-bond donors (Lipinski definition) is 2. The summed E-state index contributed by atoms with van der Waals surface area (Å²) in [5, 5.41) is 7.30. The standard InChI is InChI=1S/C16H21ClN2O/c17-14-3-1-2-12(8-14)13-9-15(10-13)18-6-7-19-16(20)11-4-5-11/h1-3,8,11,13,15,18H,4-7,9-10H2,(H,19,20). The van der Waals surface area contributed by atoms with Crippen LogP contribution in [0.15, 0.2) is 24.3 Å². The molecular formula is C16H21ClN2O. The molecule has 0 atom stereocenters. The first-order chi connectivity index (χ1) is 9.72. The molecule has 0 aromatic heterocycles. The van der Waals surface area contributed by atoms with E-state index >= 15 is 0 Å². The highest BCUT2D eigenvalue weighted by Gasteiger charge is 2.30. The first-order valence-electron chi connectivity index (χ1n) is 7.49. The van der Waals surface area contributed by atoms with Crippen molar-refractivity contribution in [2.45, 2.75) is 37.6 Å². The number of amides is 1. The van der Waals surface area contributed by atoms with Crippen molar-refractivity contribution in [3.8, 4) is 0 Å². The van der Waals surface area contributed by atoms with Crippen molar-refractivity contribution in [2.75, 3.05) is 13.1 Å². The summed E-state index contributed by atoms with van der Waals surface area (Å²) in [5.74, 6) is 1.18. The van der Waals surface area contributed by atoms with E-state index in [1.54, 1.807) is 0 Å². The second-order valence-corrected chi connectivity index (χ2v) is 6.38. The predicted molar refractivity (Wildman–Crippen MR) is 81.0 cm³/mol. The maximum atomic E-state index is 11.5. The maximum Gasteiger partial charge on any atom is 0.223 e. The molecule has 2 N–H and O–H groups in total. The van der Waals surface area contributed by atoms with Gasteiger partial charge in [0.05, 0.1) is 0 Å². The van der Waals surface area contributed by atoms with Gasteiger partial charge in [-0.15, -0.1) is 0 Å². The third-order valence-corrected chi connectivity index (χ3v) is 4.50. The normalized spacial score (nSPS) is 25.1. The number of carbonyl (C=O) groups excluding carboxylic acids is 1. The lowest BCUT2D eigenvalue weighted by atomic mass is 9.76. The molecule has 1 amide bonds.